The molecule has 6 nitrogen and oxygen atoms in total. The van der Waals surface area contributed by atoms with Crippen LogP contribution in [0.1, 0.15) is 49.2 Å². The molecule has 0 saturated carbocycles. The monoisotopic (exact) mass is 574 g/mol. The zero-order valence-electron chi connectivity index (χ0n) is 22.8. The number of amides is 1. The maximum atomic E-state index is 14.5. The van der Waals surface area contributed by atoms with Gasteiger partial charge < -0.3 is 19.7 Å². The molecule has 1 aromatic heterocycles. The van der Waals surface area contributed by atoms with Crippen molar-refractivity contribution in [2.75, 3.05) is 0 Å². The molecule has 0 unspecified atom stereocenters. The van der Waals surface area contributed by atoms with Gasteiger partial charge >= 0.3 is 6.18 Å². The lowest BCUT2D eigenvalue weighted by Gasteiger charge is -2.29. The summed E-state index contributed by atoms with van der Waals surface area (Å²) in [6, 6.07) is 11.1. The van der Waals surface area contributed by atoms with Crippen LogP contribution in [0, 0.1) is 18.6 Å². The summed E-state index contributed by atoms with van der Waals surface area (Å²) in [6.07, 6.45) is -3.29. The molecule has 0 bridgehead atoms. The number of alkyl halides is 3. The Morgan fingerprint density at radius 1 is 0.927 bits per heavy atom. The number of hydrogen-bond donors (Lipinski definition) is 2. The van der Waals surface area contributed by atoms with E-state index in [0.29, 0.717) is 11.6 Å². The van der Waals surface area contributed by atoms with Crippen molar-refractivity contribution in [3.05, 3.63) is 99.3 Å². The average Bonchev–Trinajstić information content (AvgIpc) is 2.86. The SMILES string of the molecule is Cc1cn(-c2cc(C(C)(C)O)ccc2Oc2ccc(F)cc2F)c2cc(C(=O)NC(C)(C)C(F)(F)F)ccc2c1=O. The zero-order chi connectivity index (χ0) is 30.5. The summed E-state index contributed by atoms with van der Waals surface area (Å²) in [5, 5.41) is 12.8. The van der Waals surface area contributed by atoms with Crippen molar-refractivity contribution in [3.63, 3.8) is 0 Å². The van der Waals surface area contributed by atoms with Gasteiger partial charge in [-0.2, -0.15) is 13.2 Å². The number of aliphatic hydroxyl groups is 1. The van der Waals surface area contributed by atoms with Crippen LogP contribution >= 0.6 is 0 Å². The van der Waals surface area contributed by atoms with Crippen molar-refractivity contribution in [1.82, 2.24) is 9.88 Å². The number of benzene rings is 3. The van der Waals surface area contributed by atoms with Gasteiger partial charge in [-0.3, -0.25) is 9.59 Å². The number of ether oxygens (including phenoxy) is 1. The Bertz CT molecular complexity index is 1720. The van der Waals surface area contributed by atoms with E-state index in [-0.39, 0.29) is 44.6 Å². The maximum Gasteiger partial charge on any atom is 0.410 e. The highest BCUT2D eigenvalue weighted by Gasteiger charge is 2.48. The van der Waals surface area contributed by atoms with E-state index in [2.05, 4.69) is 0 Å². The number of hydrogen-bond acceptors (Lipinski definition) is 4. The second kappa shape index (κ2) is 10.3. The number of nitrogens with zero attached hydrogens (tertiary/aromatic N) is 1. The van der Waals surface area contributed by atoms with Crippen molar-refractivity contribution in [2.45, 2.75) is 51.9 Å². The minimum absolute atomic E-state index is 0.0425. The minimum atomic E-state index is -4.72. The summed E-state index contributed by atoms with van der Waals surface area (Å²) >= 11 is 0. The molecular weight excluding hydrogens is 547 g/mol. The molecule has 1 heterocycles. The van der Waals surface area contributed by atoms with Crippen molar-refractivity contribution >= 4 is 16.8 Å². The molecule has 3 aromatic carbocycles. The first-order chi connectivity index (χ1) is 18.9. The van der Waals surface area contributed by atoms with Gasteiger partial charge in [0.25, 0.3) is 5.91 Å². The maximum absolute atomic E-state index is 14.5. The molecule has 0 spiro atoms. The summed E-state index contributed by atoms with van der Waals surface area (Å²) in [5.41, 5.74) is -3.39. The quantitative estimate of drug-likeness (QED) is 0.252. The molecule has 0 atom stereocenters. The lowest BCUT2D eigenvalue weighted by atomic mass is 9.97. The molecule has 0 aliphatic heterocycles. The summed E-state index contributed by atoms with van der Waals surface area (Å²) in [7, 11) is 0. The molecule has 2 N–H and O–H groups in total. The van der Waals surface area contributed by atoms with Crippen LogP contribution in [0.2, 0.25) is 0 Å². The highest BCUT2D eigenvalue weighted by molar-refractivity contribution is 5.98. The fourth-order valence-corrected chi connectivity index (χ4v) is 4.07. The highest BCUT2D eigenvalue weighted by atomic mass is 19.4. The number of pyridine rings is 1. The Morgan fingerprint density at radius 2 is 1.59 bits per heavy atom. The number of carbonyl (C=O) groups is 1. The summed E-state index contributed by atoms with van der Waals surface area (Å²) in [4.78, 5) is 25.9. The Balaban J connectivity index is 1.96. The van der Waals surface area contributed by atoms with Crippen LogP contribution in [0.3, 0.4) is 0 Å². The third-order valence-corrected chi connectivity index (χ3v) is 6.62. The Morgan fingerprint density at radius 3 is 2.20 bits per heavy atom. The molecule has 1 amide bonds. The highest BCUT2D eigenvalue weighted by Crippen LogP contribution is 2.35. The first-order valence-corrected chi connectivity index (χ1v) is 12.4. The number of halogens is 5. The molecule has 0 aliphatic carbocycles. The van der Waals surface area contributed by atoms with Gasteiger partial charge in [0.15, 0.2) is 22.7 Å². The van der Waals surface area contributed by atoms with Crippen molar-refractivity contribution in [1.29, 1.82) is 0 Å². The number of fused-ring (bicyclic) bond motifs is 1. The molecule has 11 heteroatoms. The second-order valence-corrected chi connectivity index (χ2v) is 10.7. The molecule has 41 heavy (non-hydrogen) atoms. The van der Waals surface area contributed by atoms with E-state index >= 15 is 0 Å². The first-order valence-electron chi connectivity index (χ1n) is 12.4. The molecule has 216 valence electrons. The van der Waals surface area contributed by atoms with Gasteiger partial charge in [0.1, 0.15) is 11.4 Å². The predicted molar refractivity (Wildman–Crippen MR) is 144 cm³/mol. The van der Waals surface area contributed by atoms with E-state index in [1.807, 2.05) is 5.32 Å². The van der Waals surface area contributed by atoms with E-state index < -0.39 is 34.9 Å². The topological polar surface area (TPSA) is 80.6 Å². The van der Waals surface area contributed by atoms with Crippen LogP contribution in [0.5, 0.6) is 11.5 Å². The Labute approximate surface area is 232 Å². The number of aryl methyl sites for hydroxylation is 1. The fraction of sp³-hybridized carbons (Fsp3) is 0.267. The molecule has 0 aliphatic rings. The van der Waals surface area contributed by atoms with Crippen LogP contribution in [-0.4, -0.2) is 27.3 Å². The van der Waals surface area contributed by atoms with Gasteiger partial charge in [-0.05, 0) is 82.6 Å². The Hall–Kier alpha value is -4.25. The fourth-order valence-electron chi connectivity index (χ4n) is 4.07. The zero-order valence-corrected chi connectivity index (χ0v) is 22.8. The first kappa shape index (κ1) is 29.7. The van der Waals surface area contributed by atoms with Crippen LogP contribution in [0.4, 0.5) is 22.0 Å². The average molecular weight is 575 g/mol. The van der Waals surface area contributed by atoms with Gasteiger partial charge in [-0.15, -0.1) is 0 Å². The lowest BCUT2D eigenvalue weighted by molar-refractivity contribution is -0.182. The van der Waals surface area contributed by atoms with Gasteiger partial charge in [0.05, 0.1) is 16.8 Å². The van der Waals surface area contributed by atoms with E-state index in [1.165, 1.54) is 61.0 Å². The second-order valence-electron chi connectivity index (χ2n) is 10.7. The van der Waals surface area contributed by atoms with Crippen molar-refractivity contribution < 1.29 is 36.6 Å². The van der Waals surface area contributed by atoms with Crippen LogP contribution < -0.4 is 15.5 Å². The molecule has 0 fully saturated rings. The van der Waals surface area contributed by atoms with Crippen LogP contribution in [0.15, 0.2) is 65.6 Å². The van der Waals surface area contributed by atoms with Gasteiger partial charge in [0.2, 0.25) is 0 Å². The number of carbonyl (C=O) groups excluding carboxylic acids is 1. The van der Waals surface area contributed by atoms with Gasteiger partial charge in [-0.1, -0.05) is 6.07 Å². The van der Waals surface area contributed by atoms with E-state index in [4.69, 9.17) is 4.74 Å². The number of rotatable bonds is 6. The largest absolute Gasteiger partial charge is 0.452 e. The third-order valence-electron chi connectivity index (χ3n) is 6.62. The third kappa shape index (κ3) is 5.95. The standard InChI is InChI=1S/C30H27F5N2O4/c1-16-15-37(22-12-17(6-9-20(22)26(16)38)27(39)36-29(4,5)30(33,34)35)23-13-18(28(2,3)40)7-10-25(23)41-24-11-8-19(31)14-21(24)32/h6-15,40H,1-5H3,(H,36,39). The molecular formula is C30H27F5N2O4. The molecule has 4 aromatic rings. The summed E-state index contributed by atoms with van der Waals surface area (Å²) in [5.74, 6) is -3.08. The smallest absolute Gasteiger partial charge is 0.410 e. The van der Waals surface area contributed by atoms with Gasteiger partial charge in [-0.25, -0.2) is 8.78 Å². The van der Waals surface area contributed by atoms with Gasteiger partial charge in [0, 0.05) is 28.8 Å². The lowest BCUT2D eigenvalue weighted by Crippen LogP contribution is -2.54. The molecule has 4 rings (SSSR count). The van der Waals surface area contributed by atoms with E-state index in [1.54, 1.807) is 6.92 Å². The molecule has 0 radical (unpaired) electrons. The van der Waals surface area contributed by atoms with Crippen LogP contribution in [0.25, 0.3) is 16.6 Å². The van der Waals surface area contributed by atoms with E-state index in [0.717, 1.165) is 26.0 Å². The predicted octanol–water partition coefficient (Wildman–Crippen LogP) is 6.67. The number of aromatic nitrogens is 1. The molecule has 0 saturated heterocycles. The summed E-state index contributed by atoms with van der Waals surface area (Å²) in [6.45, 7) is 6.26. The normalized spacial score (nSPS) is 12.5. The minimum Gasteiger partial charge on any atom is -0.452 e. The Kier molecular flexibility index (Phi) is 7.47. The van der Waals surface area contributed by atoms with E-state index in [9.17, 15) is 36.6 Å². The number of nitrogens with one attached hydrogen (secondary N) is 1. The van der Waals surface area contributed by atoms with Crippen molar-refractivity contribution in [3.8, 4) is 17.2 Å². The summed E-state index contributed by atoms with van der Waals surface area (Å²) < 4.78 is 75.5. The van der Waals surface area contributed by atoms with Crippen molar-refractivity contribution in [2.24, 2.45) is 0 Å². The van der Waals surface area contributed by atoms with Crippen LogP contribution in [-0.2, 0) is 5.60 Å².